The normalized spacial score (nSPS) is 11.5. The molecule has 0 radical (unpaired) electrons. The van der Waals surface area contributed by atoms with E-state index in [1.165, 1.54) is 18.3 Å². The highest BCUT2D eigenvalue weighted by atomic mass is 35.5. The zero-order valence-electron chi connectivity index (χ0n) is 10.7. The van der Waals surface area contributed by atoms with Gasteiger partial charge in [0.1, 0.15) is 0 Å². The van der Waals surface area contributed by atoms with Gasteiger partial charge in [0.2, 0.25) is 0 Å². The van der Waals surface area contributed by atoms with E-state index in [1.54, 1.807) is 36.7 Å². The first-order chi connectivity index (χ1) is 10.1. The Morgan fingerprint density at radius 2 is 1.86 bits per heavy atom. The predicted molar refractivity (Wildman–Crippen MR) is 81.8 cm³/mol. The van der Waals surface area contributed by atoms with Crippen molar-refractivity contribution in [1.29, 1.82) is 0 Å². The lowest BCUT2D eigenvalue weighted by Crippen LogP contribution is -2.13. The van der Waals surface area contributed by atoms with E-state index in [0.717, 1.165) is 0 Å². The van der Waals surface area contributed by atoms with Crippen molar-refractivity contribution in [1.82, 2.24) is 9.97 Å². The van der Waals surface area contributed by atoms with Crippen LogP contribution in [0.3, 0.4) is 0 Å². The molecule has 0 atom stereocenters. The second kappa shape index (κ2) is 5.31. The standard InChI is InChI=1S/C14H10ClN3O2S/c15-12-5-6-13(11-4-2-8-17-14(11)12)21(19,20)18-10-3-1-7-16-9-10/h1-9,18H. The first kappa shape index (κ1) is 13.8. The van der Waals surface area contributed by atoms with Gasteiger partial charge in [-0.3, -0.25) is 14.7 Å². The van der Waals surface area contributed by atoms with Crippen molar-refractivity contribution in [3.8, 4) is 0 Å². The zero-order chi connectivity index (χ0) is 14.9. The van der Waals surface area contributed by atoms with Crippen LogP contribution in [0.1, 0.15) is 0 Å². The topological polar surface area (TPSA) is 72.0 Å². The highest BCUT2D eigenvalue weighted by Gasteiger charge is 2.19. The number of anilines is 1. The number of fused-ring (bicyclic) bond motifs is 1. The molecular weight excluding hydrogens is 310 g/mol. The Kier molecular flexibility index (Phi) is 3.48. The number of hydrogen-bond donors (Lipinski definition) is 1. The number of nitrogens with zero attached hydrogens (tertiary/aromatic N) is 2. The van der Waals surface area contributed by atoms with Crippen molar-refractivity contribution in [2.45, 2.75) is 4.90 Å². The van der Waals surface area contributed by atoms with E-state index >= 15 is 0 Å². The molecule has 0 aliphatic carbocycles. The van der Waals surface area contributed by atoms with Crippen molar-refractivity contribution in [3.05, 3.63) is 60.0 Å². The Hall–Kier alpha value is -2.18. The molecule has 0 aliphatic rings. The van der Waals surface area contributed by atoms with Crippen molar-refractivity contribution < 1.29 is 8.42 Å². The Morgan fingerprint density at radius 3 is 2.62 bits per heavy atom. The minimum absolute atomic E-state index is 0.124. The Morgan fingerprint density at radius 1 is 1.05 bits per heavy atom. The van der Waals surface area contributed by atoms with E-state index < -0.39 is 10.0 Å². The largest absolute Gasteiger partial charge is 0.278 e. The molecule has 106 valence electrons. The van der Waals surface area contributed by atoms with Crippen LogP contribution in [0.4, 0.5) is 5.69 Å². The van der Waals surface area contributed by atoms with Crippen molar-refractivity contribution >= 4 is 38.2 Å². The minimum atomic E-state index is -3.75. The molecule has 0 amide bonds. The van der Waals surface area contributed by atoms with Crippen molar-refractivity contribution in [2.75, 3.05) is 4.72 Å². The maximum absolute atomic E-state index is 12.5. The Bertz CT molecular complexity index is 898. The number of halogens is 1. The summed E-state index contributed by atoms with van der Waals surface area (Å²) in [5, 5.41) is 0.882. The maximum Gasteiger partial charge on any atom is 0.262 e. The van der Waals surface area contributed by atoms with Gasteiger partial charge in [-0.1, -0.05) is 11.6 Å². The Labute approximate surface area is 126 Å². The third-order valence-electron chi connectivity index (χ3n) is 2.88. The molecule has 21 heavy (non-hydrogen) atoms. The summed E-state index contributed by atoms with van der Waals surface area (Å²) >= 11 is 6.05. The molecule has 5 nitrogen and oxygen atoms in total. The summed E-state index contributed by atoms with van der Waals surface area (Å²) in [7, 11) is -3.75. The molecule has 1 aromatic carbocycles. The van der Waals surface area contributed by atoms with E-state index in [2.05, 4.69) is 14.7 Å². The molecule has 0 spiro atoms. The fraction of sp³-hybridized carbons (Fsp3) is 0. The van der Waals surface area contributed by atoms with Gasteiger partial charge in [-0.25, -0.2) is 8.42 Å². The van der Waals surface area contributed by atoms with Crippen molar-refractivity contribution in [2.24, 2.45) is 0 Å². The molecule has 0 bridgehead atoms. The monoisotopic (exact) mass is 319 g/mol. The lowest BCUT2D eigenvalue weighted by Gasteiger charge is -2.10. The molecular formula is C14H10ClN3O2S. The van der Waals surface area contributed by atoms with Gasteiger partial charge in [0.25, 0.3) is 10.0 Å². The second-order valence-electron chi connectivity index (χ2n) is 4.29. The lowest BCUT2D eigenvalue weighted by atomic mass is 10.2. The third kappa shape index (κ3) is 2.68. The van der Waals surface area contributed by atoms with Gasteiger partial charge < -0.3 is 0 Å². The lowest BCUT2D eigenvalue weighted by molar-refractivity contribution is 0.602. The summed E-state index contributed by atoms with van der Waals surface area (Å²) in [5.74, 6) is 0. The third-order valence-corrected chi connectivity index (χ3v) is 4.63. The SMILES string of the molecule is O=S(=O)(Nc1cccnc1)c1ccc(Cl)c2ncccc12. The van der Waals surface area contributed by atoms with E-state index in [-0.39, 0.29) is 4.90 Å². The van der Waals surface area contributed by atoms with Crippen LogP contribution in [0.15, 0.2) is 59.9 Å². The highest BCUT2D eigenvalue weighted by molar-refractivity contribution is 7.93. The summed E-state index contributed by atoms with van der Waals surface area (Å²) in [6.45, 7) is 0. The van der Waals surface area contributed by atoms with Gasteiger partial charge in [-0.2, -0.15) is 0 Å². The predicted octanol–water partition coefficient (Wildman–Crippen LogP) is 3.08. The molecule has 3 rings (SSSR count). The molecule has 1 N–H and O–H groups in total. The fourth-order valence-electron chi connectivity index (χ4n) is 1.98. The first-order valence-electron chi connectivity index (χ1n) is 6.04. The van der Waals surface area contributed by atoms with Gasteiger partial charge in [0.05, 0.1) is 27.3 Å². The minimum Gasteiger partial charge on any atom is -0.278 e. The van der Waals surface area contributed by atoms with Gasteiger partial charge in [0, 0.05) is 17.8 Å². The van der Waals surface area contributed by atoms with Gasteiger partial charge in [0.15, 0.2) is 0 Å². The van der Waals surface area contributed by atoms with Crippen LogP contribution < -0.4 is 4.72 Å². The molecule has 0 saturated carbocycles. The summed E-state index contributed by atoms with van der Waals surface area (Å²) in [6, 6.07) is 9.60. The van der Waals surface area contributed by atoms with E-state index in [4.69, 9.17) is 11.6 Å². The average molecular weight is 320 g/mol. The molecule has 0 fully saturated rings. The quantitative estimate of drug-likeness (QED) is 0.805. The van der Waals surface area contributed by atoms with Crippen LogP contribution in [-0.4, -0.2) is 18.4 Å². The molecule has 2 heterocycles. The second-order valence-corrected chi connectivity index (χ2v) is 6.35. The fourth-order valence-corrected chi connectivity index (χ4v) is 3.44. The number of rotatable bonds is 3. The summed E-state index contributed by atoms with van der Waals surface area (Å²) < 4.78 is 27.5. The number of benzene rings is 1. The smallest absolute Gasteiger partial charge is 0.262 e. The molecule has 0 unspecified atom stereocenters. The number of pyridine rings is 2. The summed E-state index contributed by atoms with van der Waals surface area (Å²) in [6.07, 6.45) is 4.58. The van der Waals surface area contributed by atoms with E-state index in [1.807, 2.05) is 0 Å². The van der Waals surface area contributed by atoms with E-state index in [0.29, 0.717) is 21.6 Å². The van der Waals surface area contributed by atoms with Crippen LogP contribution in [0.25, 0.3) is 10.9 Å². The molecule has 0 aliphatic heterocycles. The molecule has 0 saturated heterocycles. The van der Waals surface area contributed by atoms with Gasteiger partial charge in [-0.15, -0.1) is 0 Å². The maximum atomic E-state index is 12.5. The number of hydrogen-bond acceptors (Lipinski definition) is 4. The van der Waals surface area contributed by atoms with Crippen LogP contribution >= 0.6 is 11.6 Å². The van der Waals surface area contributed by atoms with Crippen LogP contribution in [0, 0.1) is 0 Å². The summed E-state index contributed by atoms with van der Waals surface area (Å²) in [4.78, 5) is 8.13. The first-order valence-corrected chi connectivity index (χ1v) is 7.90. The van der Waals surface area contributed by atoms with Gasteiger partial charge in [-0.05, 0) is 36.4 Å². The zero-order valence-corrected chi connectivity index (χ0v) is 12.3. The Balaban J connectivity index is 2.14. The molecule has 2 aromatic heterocycles. The number of nitrogens with one attached hydrogen (secondary N) is 1. The van der Waals surface area contributed by atoms with Gasteiger partial charge >= 0.3 is 0 Å². The van der Waals surface area contributed by atoms with Crippen LogP contribution in [0.5, 0.6) is 0 Å². The average Bonchev–Trinajstić information content (AvgIpc) is 2.48. The number of sulfonamides is 1. The highest BCUT2D eigenvalue weighted by Crippen LogP contribution is 2.28. The number of aromatic nitrogens is 2. The van der Waals surface area contributed by atoms with Crippen molar-refractivity contribution in [3.63, 3.8) is 0 Å². The molecule has 7 heteroatoms. The summed E-state index contributed by atoms with van der Waals surface area (Å²) in [5.41, 5.74) is 0.845. The molecule has 3 aromatic rings. The van der Waals surface area contributed by atoms with Crippen LogP contribution in [0.2, 0.25) is 5.02 Å². The van der Waals surface area contributed by atoms with Crippen LogP contribution in [-0.2, 0) is 10.0 Å². The van der Waals surface area contributed by atoms with E-state index in [9.17, 15) is 8.42 Å².